The number of aliphatic hydroxyl groups excluding tert-OH is 1. The molecule has 118 valence electrons. The van der Waals surface area contributed by atoms with Crippen molar-refractivity contribution >= 4 is 5.69 Å². The number of hydrogen-bond acceptors (Lipinski definition) is 4. The van der Waals surface area contributed by atoms with E-state index in [0.717, 1.165) is 19.6 Å². The molecule has 21 heavy (non-hydrogen) atoms. The number of β-amino-alcohol motifs (C(OH)–C–C–N with tert-alkyl or cyclic N) is 1. The van der Waals surface area contributed by atoms with Gasteiger partial charge in [-0.1, -0.05) is 18.2 Å². The minimum absolute atomic E-state index is 0.202. The van der Waals surface area contributed by atoms with Gasteiger partial charge in [-0.25, -0.2) is 0 Å². The topological polar surface area (TPSA) is 35.9 Å². The predicted molar refractivity (Wildman–Crippen MR) is 86.7 cm³/mol. The smallest absolute Gasteiger partial charge is 0.0900 e. The van der Waals surface area contributed by atoms with Crippen molar-refractivity contribution in [1.82, 2.24) is 4.90 Å². The van der Waals surface area contributed by atoms with Crippen LogP contribution in [0.5, 0.6) is 0 Å². The van der Waals surface area contributed by atoms with Crippen molar-refractivity contribution in [2.75, 3.05) is 38.2 Å². The second-order valence-corrected chi connectivity index (χ2v) is 6.86. The maximum atomic E-state index is 10.2. The Morgan fingerprint density at radius 2 is 1.95 bits per heavy atom. The molecular weight excluding hydrogens is 264 g/mol. The highest BCUT2D eigenvalue weighted by Crippen LogP contribution is 2.23. The summed E-state index contributed by atoms with van der Waals surface area (Å²) in [5, 5.41) is 10.2. The zero-order valence-electron chi connectivity index (χ0n) is 13.7. The second kappa shape index (κ2) is 6.77. The van der Waals surface area contributed by atoms with Gasteiger partial charge in [0.15, 0.2) is 0 Å². The van der Waals surface area contributed by atoms with Gasteiger partial charge in [-0.15, -0.1) is 0 Å². The van der Waals surface area contributed by atoms with Crippen LogP contribution in [0.25, 0.3) is 0 Å². The van der Waals surface area contributed by atoms with Gasteiger partial charge in [0.25, 0.3) is 0 Å². The van der Waals surface area contributed by atoms with E-state index in [2.05, 4.69) is 41.1 Å². The van der Waals surface area contributed by atoms with Gasteiger partial charge < -0.3 is 14.7 Å². The molecular formula is C17H28N2O2. The summed E-state index contributed by atoms with van der Waals surface area (Å²) in [6.07, 6.45) is -0.445. The molecule has 1 aromatic carbocycles. The van der Waals surface area contributed by atoms with E-state index in [9.17, 15) is 5.11 Å². The standard InChI is InChI=1S/C17H28N2O2/c1-17(2,3)21-13-15(20)12-19-10-9-18(4)16-8-6-5-7-14(16)11-19/h5-8,15,20H,9-13H2,1-4H3. The molecule has 0 spiro atoms. The average Bonchev–Trinajstić information content (AvgIpc) is 2.56. The maximum absolute atomic E-state index is 10.2. The molecule has 1 unspecified atom stereocenters. The summed E-state index contributed by atoms with van der Waals surface area (Å²) < 4.78 is 5.67. The highest BCUT2D eigenvalue weighted by atomic mass is 16.5. The third-order valence-corrected chi connectivity index (χ3v) is 3.73. The van der Waals surface area contributed by atoms with E-state index in [0.29, 0.717) is 13.2 Å². The summed E-state index contributed by atoms with van der Waals surface area (Å²) in [6, 6.07) is 8.49. The molecule has 0 fully saturated rings. The fourth-order valence-electron chi connectivity index (χ4n) is 2.60. The summed E-state index contributed by atoms with van der Waals surface area (Å²) in [5.74, 6) is 0. The Bertz CT molecular complexity index is 456. The summed E-state index contributed by atoms with van der Waals surface area (Å²) in [5.41, 5.74) is 2.41. The van der Waals surface area contributed by atoms with Crippen LogP contribution in [0.15, 0.2) is 24.3 Å². The number of para-hydroxylation sites is 1. The first-order valence-electron chi connectivity index (χ1n) is 7.68. The number of hydrogen-bond donors (Lipinski definition) is 1. The SMILES string of the molecule is CN1CCN(CC(O)COC(C)(C)C)Cc2ccccc21. The van der Waals surface area contributed by atoms with Gasteiger partial charge in [0.05, 0.1) is 18.3 Å². The van der Waals surface area contributed by atoms with E-state index in [1.807, 2.05) is 20.8 Å². The quantitative estimate of drug-likeness (QED) is 0.922. The average molecular weight is 292 g/mol. The van der Waals surface area contributed by atoms with Crippen LogP contribution in [0.1, 0.15) is 26.3 Å². The van der Waals surface area contributed by atoms with Crippen LogP contribution >= 0.6 is 0 Å². The molecule has 0 aliphatic carbocycles. The van der Waals surface area contributed by atoms with Crippen LogP contribution in [0.4, 0.5) is 5.69 Å². The number of ether oxygens (including phenoxy) is 1. The highest BCUT2D eigenvalue weighted by molar-refractivity contribution is 5.53. The fraction of sp³-hybridized carbons (Fsp3) is 0.647. The number of likely N-dealkylation sites (N-methyl/N-ethyl adjacent to an activating group) is 1. The molecule has 1 heterocycles. The van der Waals surface area contributed by atoms with Gasteiger partial charge in [0.1, 0.15) is 0 Å². The lowest BCUT2D eigenvalue weighted by molar-refractivity contribution is -0.0563. The van der Waals surface area contributed by atoms with E-state index < -0.39 is 6.10 Å². The third-order valence-electron chi connectivity index (χ3n) is 3.73. The molecule has 1 aliphatic rings. The zero-order chi connectivity index (χ0) is 15.5. The first kappa shape index (κ1) is 16.3. The molecule has 1 atom stereocenters. The van der Waals surface area contributed by atoms with E-state index in [1.54, 1.807) is 0 Å². The molecule has 0 radical (unpaired) electrons. The molecule has 0 amide bonds. The molecule has 2 rings (SSSR count). The molecule has 1 aromatic rings. The van der Waals surface area contributed by atoms with Gasteiger partial charge >= 0.3 is 0 Å². The van der Waals surface area contributed by atoms with Crippen LogP contribution in [0, 0.1) is 0 Å². The van der Waals surface area contributed by atoms with Gasteiger partial charge in [-0.3, -0.25) is 4.90 Å². The Morgan fingerprint density at radius 3 is 2.67 bits per heavy atom. The van der Waals surface area contributed by atoms with Gasteiger partial charge in [0.2, 0.25) is 0 Å². The normalized spacial score (nSPS) is 18.2. The molecule has 1 N–H and O–H groups in total. The Labute approximate surface area is 128 Å². The van der Waals surface area contributed by atoms with Crippen LogP contribution < -0.4 is 4.90 Å². The fourth-order valence-corrected chi connectivity index (χ4v) is 2.60. The Morgan fingerprint density at radius 1 is 1.24 bits per heavy atom. The minimum Gasteiger partial charge on any atom is -0.389 e. The van der Waals surface area contributed by atoms with Crippen molar-refractivity contribution in [3.63, 3.8) is 0 Å². The van der Waals surface area contributed by atoms with E-state index in [4.69, 9.17) is 4.74 Å². The number of benzene rings is 1. The highest BCUT2D eigenvalue weighted by Gasteiger charge is 2.20. The molecule has 0 saturated heterocycles. The molecule has 4 nitrogen and oxygen atoms in total. The van der Waals surface area contributed by atoms with Crippen LogP contribution in [0.3, 0.4) is 0 Å². The summed E-state index contributed by atoms with van der Waals surface area (Å²) in [7, 11) is 2.13. The zero-order valence-corrected chi connectivity index (χ0v) is 13.7. The first-order valence-corrected chi connectivity index (χ1v) is 7.68. The Balaban J connectivity index is 1.93. The number of rotatable bonds is 4. The lowest BCUT2D eigenvalue weighted by Gasteiger charge is -2.26. The van der Waals surface area contributed by atoms with Crippen LogP contribution in [-0.2, 0) is 11.3 Å². The number of anilines is 1. The summed E-state index contributed by atoms with van der Waals surface area (Å²) in [4.78, 5) is 4.59. The van der Waals surface area contributed by atoms with Crippen molar-refractivity contribution in [3.05, 3.63) is 29.8 Å². The van der Waals surface area contributed by atoms with E-state index in [1.165, 1.54) is 11.3 Å². The third kappa shape index (κ3) is 4.99. The number of fused-ring (bicyclic) bond motifs is 1. The molecule has 1 aliphatic heterocycles. The monoisotopic (exact) mass is 292 g/mol. The van der Waals surface area contributed by atoms with Gasteiger partial charge in [0, 0.05) is 38.9 Å². The number of aliphatic hydroxyl groups is 1. The largest absolute Gasteiger partial charge is 0.389 e. The lowest BCUT2D eigenvalue weighted by Crippen LogP contribution is -2.38. The minimum atomic E-state index is -0.445. The molecule has 0 aromatic heterocycles. The van der Waals surface area contributed by atoms with E-state index in [-0.39, 0.29) is 5.60 Å². The molecule has 0 bridgehead atoms. The van der Waals surface area contributed by atoms with Gasteiger partial charge in [-0.2, -0.15) is 0 Å². The van der Waals surface area contributed by atoms with Crippen LogP contribution in [-0.4, -0.2) is 55.0 Å². The Kier molecular flexibility index (Phi) is 5.25. The molecule has 4 heteroatoms. The lowest BCUT2D eigenvalue weighted by atomic mass is 10.1. The Hall–Kier alpha value is -1.10. The summed E-state index contributed by atoms with van der Waals surface area (Å²) >= 11 is 0. The predicted octanol–water partition coefficient (Wildman–Crippen LogP) is 2.11. The first-order chi connectivity index (χ1) is 9.85. The maximum Gasteiger partial charge on any atom is 0.0900 e. The van der Waals surface area contributed by atoms with E-state index >= 15 is 0 Å². The van der Waals surface area contributed by atoms with Gasteiger partial charge in [-0.05, 0) is 32.4 Å². The van der Waals surface area contributed by atoms with Crippen molar-refractivity contribution in [2.45, 2.75) is 39.0 Å². The molecule has 0 saturated carbocycles. The summed E-state index contributed by atoms with van der Waals surface area (Å²) in [6.45, 7) is 9.88. The van der Waals surface area contributed by atoms with Crippen molar-refractivity contribution in [3.8, 4) is 0 Å². The van der Waals surface area contributed by atoms with Crippen molar-refractivity contribution in [2.24, 2.45) is 0 Å². The van der Waals surface area contributed by atoms with Crippen molar-refractivity contribution in [1.29, 1.82) is 0 Å². The van der Waals surface area contributed by atoms with Crippen LogP contribution in [0.2, 0.25) is 0 Å². The number of nitrogens with zero attached hydrogens (tertiary/aromatic N) is 2. The second-order valence-electron chi connectivity index (χ2n) is 6.86. The van der Waals surface area contributed by atoms with Crippen molar-refractivity contribution < 1.29 is 9.84 Å².